The third kappa shape index (κ3) is 5.04. The molecular formula is C10H9LiO7S. The standard InChI is InChI=1S/C10H10O7S.Li/c11-9(12)8(10(13)14)5-6-1-3-7(4-2-6)18(15,16)17;/h1-4,8H,5H2,(H,11,12)(H,13,14)(H,15,16,17);/q;+1/p-1. The molecule has 0 fully saturated rings. The van der Waals surface area contributed by atoms with Crippen molar-refractivity contribution in [1.82, 2.24) is 0 Å². The van der Waals surface area contributed by atoms with Crippen molar-refractivity contribution in [3.63, 3.8) is 0 Å². The van der Waals surface area contributed by atoms with Crippen LogP contribution in [0.25, 0.3) is 0 Å². The normalized spacial score (nSPS) is 10.8. The summed E-state index contributed by atoms with van der Waals surface area (Å²) in [5.74, 6) is -4.58. The third-order valence-corrected chi connectivity index (χ3v) is 3.10. The Hall–Kier alpha value is -1.33. The van der Waals surface area contributed by atoms with Crippen LogP contribution in [0.1, 0.15) is 5.56 Å². The first kappa shape index (κ1) is 17.7. The molecule has 0 heterocycles. The van der Waals surface area contributed by atoms with Gasteiger partial charge < -0.3 is 14.8 Å². The van der Waals surface area contributed by atoms with Crippen LogP contribution in [0.5, 0.6) is 0 Å². The van der Waals surface area contributed by atoms with Crippen molar-refractivity contribution >= 4 is 22.1 Å². The van der Waals surface area contributed by atoms with E-state index in [1.807, 2.05) is 0 Å². The van der Waals surface area contributed by atoms with Crippen molar-refractivity contribution < 1.29 is 51.6 Å². The quantitative estimate of drug-likeness (QED) is 0.332. The number of carboxylic acid groups (broad SMARTS) is 2. The van der Waals surface area contributed by atoms with E-state index in [2.05, 4.69) is 0 Å². The summed E-state index contributed by atoms with van der Waals surface area (Å²) in [5.41, 5.74) is 0.317. The zero-order chi connectivity index (χ0) is 13.9. The van der Waals surface area contributed by atoms with Crippen LogP contribution in [0.15, 0.2) is 29.2 Å². The van der Waals surface area contributed by atoms with Crippen molar-refractivity contribution in [3.8, 4) is 0 Å². The van der Waals surface area contributed by atoms with E-state index in [9.17, 15) is 22.6 Å². The topological polar surface area (TPSA) is 132 Å². The van der Waals surface area contributed by atoms with E-state index in [-0.39, 0.29) is 25.3 Å². The average molecular weight is 280 g/mol. The van der Waals surface area contributed by atoms with Crippen molar-refractivity contribution in [2.45, 2.75) is 11.3 Å². The summed E-state index contributed by atoms with van der Waals surface area (Å²) in [6.07, 6.45) is -0.288. The summed E-state index contributed by atoms with van der Waals surface area (Å²) >= 11 is 0. The van der Waals surface area contributed by atoms with Gasteiger partial charge in [0, 0.05) is 0 Å². The first-order chi connectivity index (χ1) is 8.21. The molecule has 0 saturated carbocycles. The van der Waals surface area contributed by atoms with Crippen molar-refractivity contribution in [3.05, 3.63) is 29.8 Å². The number of aliphatic carboxylic acids is 2. The van der Waals surface area contributed by atoms with Gasteiger partial charge in [-0.2, -0.15) is 0 Å². The molecule has 98 valence electrons. The maximum Gasteiger partial charge on any atom is 1.00 e. The van der Waals surface area contributed by atoms with Crippen LogP contribution in [-0.4, -0.2) is 35.1 Å². The van der Waals surface area contributed by atoms with Gasteiger partial charge in [-0.05, 0) is 24.1 Å². The van der Waals surface area contributed by atoms with E-state index >= 15 is 0 Å². The molecule has 0 spiro atoms. The second kappa shape index (κ2) is 6.72. The van der Waals surface area contributed by atoms with Gasteiger partial charge in [0.2, 0.25) is 0 Å². The molecule has 2 N–H and O–H groups in total. The summed E-state index contributed by atoms with van der Waals surface area (Å²) < 4.78 is 31.9. The van der Waals surface area contributed by atoms with Gasteiger partial charge in [-0.3, -0.25) is 9.59 Å². The molecule has 9 heteroatoms. The molecule has 0 radical (unpaired) electrons. The molecule has 0 aliphatic heterocycles. The minimum atomic E-state index is -4.56. The summed E-state index contributed by atoms with van der Waals surface area (Å²) in [6, 6.07) is 4.45. The second-order valence-corrected chi connectivity index (χ2v) is 4.91. The molecule has 0 atom stereocenters. The minimum Gasteiger partial charge on any atom is -0.744 e. The number of carboxylic acids is 2. The monoisotopic (exact) mass is 280 g/mol. The van der Waals surface area contributed by atoms with E-state index in [0.29, 0.717) is 5.56 Å². The minimum absolute atomic E-state index is 0. The smallest absolute Gasteiger partial charge is 0.744 e. The third-order valence-electron chi connectivity index (χ3n) is 2.25. The van der Waals surface area contributed by atoms with Crippen LogP contribution in [0, 0.1) is 5.92 Å². The molecule has 0 saturated heterocycles. The predicted octanol–water partition coefficient (Wildman–Crippen LogP) is -3.08. The van der Waals surface area contributed by atoms with E-state index in [4.69, 9.17) is 10.2 Å². The predicted molar refractivity (Wildman–Crippen MR) is 56.9 cm³/mol. The molecule has 0 aliphatic carbocycles. The molecule has 19 heavy (non-hydrogen) atoms. The van der Waals surface area contributed by atoms with Gasteiger partial charge in [0.15, 0.2) is 5.92 Å². The number of benzene rings is 1. The van der Waals surface area contributed by atoms with Crippen LogP contribution in [0.3, 0.4) is 0 Å². The van der Waals surface area contributed by atoms with Crippen LogP contribution < -0.4 is 18.9 Å². The number of hydrogen-bond acceptors (Lipinski definition) is 5. The van der Waals surface area contributed by atoms with Crippen molar-refractivity contribution in [1.29, 1.82) is 0 Å². The summed E-state index contributed by atoms with van der Waals surface area (Å²) in [5, 5.41) is 17.3. The van der Waals surface area contributed by atoms with Gasteiger partial charge in [-0.1, -0.05) is 12.1 Å². The molecule has 0 aromatic heterocycles. The molecule has 7 nitrogen and oxygen atoms in total. The van der Waals surface area contributed by atoms with Gasteiger partial charge in [0.1, 0.15) is 10.1 Å². The van der Waals surface area contributed by atoms with Gasteiger partial charge in [0.25, 0.3) is 0 Å². The molecule has 0 unspecified atom stereocenters. The second-order valence-electron chi connectivity index (χ2n) is 3.53. The zero-order valence-corrected chi connectivity index (χ0v) is 10.8. The molecular weight excluding hydrogens is 271 g/mol. The van der Waals surface area contributed by atoms with Crippen LogP contribution in [0.4, 0.5) is 0 Å². The largest absolute Gasteiger partial charge is 1.00 e. The number of rotatable bonds is 5. The van der Waals surface area contributed by atoms with Gasteiger partial charge in [0.05, 0.1) is 4.90 Å². The Balaban J connectivity index is 0.00000324. The zero-order valence-electron chi connectivity index (χ0n) is 9.94. The Morgan fingerprint density at radius 2 is 1.53 bits per heavy atom. The fraction of sp³-hybridized carbons (Fsp3) is 0.200. The Bertz CT molecular complexity index is 550. The summed E-state index contributed by atoms with van der Waals surface area (Å²) in [4.78, 5) is 20.8. The first-order valence-electron chi connectivity index (χ1n) is 4.72. The van der Waals surface area contributed by atoms with Gasteiger partial charge in [-0.25, -0.2) is 8.42 Å². The summed E-state index contributed by atoms with van der Waals surface area (Å²) in [7, 11) is -4.56. The van der Waals surface area contributed by atoms with Gasteiger partial charge >= 0.3 is 30.8 Å². The molecule has 1 rings (SSSR count). The van der Waals surface area contributed by atoms with E-state index in [1.54, 1.807) is 0 Å². The van der Waals surface area contributed by atoms with Crippen molar-refractivity contribution in [2.24, 2.45) is 5.92 Å². The van der Waals surface area contributed by atoms with Gasteiger partial charge in [-0.15, -0.1) is 0 Å². The Labute approximate surface area is 121 Å². The molecule has 1 aromatic carbocycles. The van der Waals surface area contributed by atoms with Crippen LogP contribution in [0.2, 0.25) is 0 Å². The number of carbonyl (C=O) groups is 2. The Morgan fingerprint density at radius 1 is 1.11 bits per heavy atom. The fourth-order valence-electron chi connectivity index (χ4n) is 1.31. The molecule has 1 aromatic rings. The molecule has 0 amide bonds. The number of hydrogen-bond donors (Lipinski definition) is 2. The van der Waals surface area contributed by atoms with E-state index in [0.717, 1.165) is 12.1 Å². The maximum atomic E-state index is 10.6. The Morgan fingerprint density at radius 3 is 1.84 bits per heavy atom. The van der Waals surface area contributed by atoms with E-state index in [1.165, 1.54) is 12.1 Å². The van der Waals surface area contributed by atoms with Crippen molar-refractivity contribution in [2.75, 3.05) is 0 Å². The average Bonchev–Trinajstić information content (AvgIpc) is 2.24. The fourth-order valence-corrected chi connectivity index (χ4v) is 1.78. The Kier molecular flexibility index (Phi) is 6.25. The summed E-state index contributed by atoms with van der Waals surface area (Å²) in [6.45, 7) is 0. The first-order valence-corrected chi connectivity index (χ1v) is 6.13. The maximum absolute atomic E-state index is 10.6. The van der Waals surface area contributed by atoms with E-state index < -0.39 is 32.9 Å². The van der Waals surface area contributed by atoms with Crippen LogP contribution >= 0.6 is 0 Å². The molecule has 0 aliphatic rings. The SMILES string of the molecule is O=C(O)C(Cc1ccc(S(=O)(=O)[O-])cc1)C(=O)O.[Li+]. The molecule has 0 bridgehead atoms. The van der Waals surface area contributed by atoms with Crippen LogP contribution in [-0.2, 0) is 26.1 Å².